The number of halogens is 1. The molecule has 1 atom stereocenters. The van der Waals surface area contributed by atoms with E-state index in [1.54, 1.807) is 7.11 Å². The summed E-state index contributed by atoms with van der Waals surface area (Å²) in [6, 6.07) is 36.5. The van der Waals surface area contributed by atoms with Crippen molar-refractivity contribution in [3.63, 3.8) is 0 Å². The summed E-state index contributed by atoms with van der Waals surface area (Å²) in [5.41, 5.74) is 4.16. The van der Waals surface area contributed by atoms with Crippen LogP contribution in [-0.2, 0) is 0 Å². The molecule has 158 valence electrons. The molecule has 0 bridgehead atoms. The summed E-state index contributed by atoms with van der Waals surface area (Å²) < 4.78 is 5.38. The number of nitrogens with zero attached hydrogens (tertiary/aromatic N) is 3. The number of amidine groups is 1. The van der Waals surface area contributed by atoms with Crippen LogP contribution in [0.25, 0.3) is 0 Å². The van der Waals surface area contributed by atoms with Crippen molar-refractivity contribution in [2.24, 2.45) is 5.10 Å². The van der Waals surface area contributed by atoms with Gasteiger partial charge in [0.15, 0.2) is 12.0 Å². The molecule has 0 N–H and O–H groups in total. The fraction of sp³-hybridized carbons (Fsp3) is 0.0741. The maximum absolute atomic E-state index is 6.21. The molecule has 5 heteroatoms. The van der Waals surface area contributed by atoms with Crippen LogP contribution in [0.2, 0.25) is 5.02 Å². The number of methoxy groups -OCH3 is 1. The van der Waals surface area contributed by atoms with Gasteiger partial charge in [-0.15, -0.1) is 0 Å². The molecular weight excluding hydrogens is 418 g/mol. The lowest BCUT2D eigenvalue weighted by Crippen LogP contribution is -2.35. The zero-order chi connectivity index (χ0) is 21.9. The second kappa shape index (κ2) is 8.77. The van der Waals surface area contributed by atoms with Crippen molar-refractivity contribution in [3.05, 3.63) is 125 Å². The van der Waals surface area contributed by atoms with E-state index < -0.39 is 0 Å². The van der Waals surface area contributed by atoms with E-state index in [-0.39, 0.29) is 6.17 Å². The molecular formula is C27H22ClN3O. The number of anilines is 2. The standard InChI is InChI=1S/C27H22ClN3O/c1-32-25-18-16-23(17-19-25)30-26(20-8-4-2-5-9-20)29-31(24-10-6-3-7-11-24)27(30)21-12-14-22(28)15-13-21/h2-19,27H,1H3/t27-/m0/s1. The summed E-state index contributed by atoms with van der Waals surface area (Å²) in [7, 11) is 1.68. The van der Waals surface area contributed by atoms with Crippen LogP contribution >= 0.6 is 11.6 Å². The number of para-hydroxylation sites is 1. The molecule has 32 heavy (non-hydrogen) atoms. The van der Waals surface area contributed by atoms with Gasteiger partial charge in [0.05, 0.1) is 12.8 Å². The summed E-state index contributed by atoms with van der Waals surface area (Å²) in [5, 5.41) is 7.89. The largest absolute Gasteiger partial charge is 0.497 e. The Bertz CT molecular complexity index is 1210. The molecule has 0 amide bonds. The van der Waals surface area contributed by atoms with Crippen molar-refractivity contribution in [1.82, 2.24) is 0 Å². The fourth-order valence-electron chi connectivity index (χ4n) is 3.93. The second-order valence-electron chi connectivity index (χ2n) is 7.46. The zero-order valence-corrected chi connectivity index (χ0v) is 18.4. The fourth-order valence-corrected chi connectivity index (χ4v) is 4.05. The molecule has 0 saturated carbocycles. The van der Waals surface area contributed by atoms with Crippen LogP contribution in [-0.4, -0.2) is 12.9 Å². The molecule has 0 radical (unpaired) electrons. The predicted molar refractivity (Wildman–Crippen MR) is 132 cm³/mol. The molecule has 0 spiro atoms. The Balaban J connectivity index is 1.70. The molecule has 0 fully saturated rings. The third-order valence-corrected chi connectivity index (χ3v) is 5.73. The van der Waals surface area contributed by atoms with Crippen LogP contribution in [0.5, 0.6) is 5.75 Å². The molecule has 0 aliphatic carbocycles. The normalized spacial score (nSPS) is 15.6. The van der Waals surface area contributed by atoms with Crippen LogP contribution < -0.4 is 14.6 Å². The van der Waals surface area contributed by atoms with E-state index in [4.69, 9.17) is 21.4 Å². The molecule has 1 heterocycles. The molecule has 1 aliphatic heterocycles. The van der Waals surface area contributed by atoms with E-state index in [9.17, 15) is 0 Å². The van der Waals surface area contributed by atoms with E-state index in [2.05, 4.69) is 58.4 Å². The molecule has 0 saturated heterocycles. The number of hydrogen-bond acceptors (Lipinski definition) is 4. The molecule has 0 unspecified atom stereocenters. The third kappa shape index (κ3) is 3.81. The van der Waals surface area contributed by atoms with Crippen LogP contribution in [0.3, 0.4) is 0 Å². The van der Waals surface area contributed by atoms with Gasteiger partial charge in [-0.05, 0) is 54.1 Å². The van der Waals surface area contributed by atoms with Gasteiger partial charge < -0.3 is 4.74 Å². The lowest BCUT2D eigenvalue weighted by Gasteiger charge is -2.32. The number of hydrogen-bond donors (Lipinski definition) is 0. The smallest absolute Gasteiger partial charge is 0.162 e. The Morgan fingerprint density at radius 2 is 1.34 bits per heavy atom. The molecule has 4 aromatic carbocycles. The van der Waals surface area contributed by atoms with Gasteiger partial charge in [-0.25, -0.2) is 5.01 Å². The Morgan fingerprint density at radius 3 is 1.97 bits per heavy atom. The summed E-state index contributed by atoms with van der Waals surface area (Å²) >= 11 is 6.21. The SMILES string of the molecule is COc1ccc(N2C(c3ccccc3)=NN(c3ccccc3)[C@H]2c2ccc(Cl)cc2)cc1. The summed E-state index contributed by atoms with van der Waals surface area (Å²) in [6.07, 6.45) is -0.182. The lowest BCUT2D eigenvalue weighted by molar-refractivity contribution is 0.415. The van der Waals surface area contributed by atoms with E-state index in [1.165, 1.54) is 0 Å². The minimum absolute atomic E-state index is 0.182. The first-order valence-corrected chi connectivity index (χ1v) is 10.8. The van der Waals surface area contributed by atoms with Crippen molar-refractivity contribution in [2.45, 2.75) is 6.17 Å². The highest BCUT2D eigenvalue weighted by atomic mass is 35.5. The van der Waals surface area contributed by atoms with E-state index in [0.717, 1.165) is 34.1 Å². The lowest BCUT2D eigenvalue weighted by atomic mass is 10.1. The summed E-state index contributed by atoms with van der Waals surface area (Å²) in [4.78, 5) is 2.25. The Morgan fingerprint density at radius 1 is 0.719 bits per heavy atom. The topological polar surface area (TPSA) is 28.1 Å². The van der Waals surface area contributed by atoms with Gasteiger partial charge in [-0.3, -0.25) is 4.90 Å². The van der Waals surface area contributed by atoms with Gasteiger partial charge in [0.25, 0.3) is 0 Å². The highest BCUT2D eigenvalue weighted by molar-refractivity contribution is 6.30. The zero-order valence-electron chi connectivity index (χ0n) is 17.6. The van der Waals surface area contributed by atoms with Crippen LogP contribution in [0, 0.1) is 0 Å². The van der Waals surface area contributed by atoms with Crippen molar-refractivity contribution in [1.29, 1.82) is 0 Å². The van der Waals surface area contributed by atoms with Crippen molar-refractivity contribution in [2.75, 3.05) is 17.0 Å². The van der Waals surface area contributed by atoms with Crippen LogP contribution in [0.15, 0.2) is 114 Å². The van der Waals surface area contributed by atoms with E-state index in [0.29, 0.717) is 5.02 Å². The van der Waals surface area contributed by atoms with Gasteiger partial charge in [-0.1, -0.05) is 72.3 Å². The molecule has 5 rings (SSSR count). The van der Waals surface area contributed by atoms with Gasteiger partial charge >= 0.3 is 0 Å². The number of ether oxygens (including phenoxy) is 1. The molecule has 4 nitrogen and oxygen atoms in total. The van der Waals surface area contributed by atoms with E-state index >= 15 is 0 Å². The monoisotopic (exact) mass is 439 g/mol. The van der Waals surface area contributed by atoms with Gasteiger partial charge in [0.2, 0.25) is 0 Å². The number of rotatable bonds is 5. The number of hydrazone groups is 1. The van der Waals surface area contributed by atoms with Gasteiger partial charge in [0, 0.05) is 16.3 Å². The first-order valence-electron chi connectivity index (χ1n) is 10.4. The number of benzene rings is 4. The van der Waals surface area contributed by atoms with Gasteiger partial charge in [0.1, 0.15) is 5.75 Å². The highest BCUT2D eigenvalue weighted by Crippen LogP contribution is 2.40. The quantitative estimate of drug-likeness (QED) is 0.345. The highest BCUT2D eigenvalue weighted by Gasteiger charge is 2.37. The summed E-state index contributed by atoms with van der Waals surface area (Å²) in [5.74, 6) is 1.69. The minimum Gasteiger partial charge on any atom is -0.497 e. The molecule has 1 aliphatic rings. The predicted octanol–water partition coefficient (Wildman–Crippen LogP) is 6.74. The van der Waals surface area contributed by atoms with Crippen molar-refractivity contribution >= 4 is 28.8 Å². The van der Waals surface area contributed by atoms with Crippen molar-refractivity contribution < 1.29 is 4.74 Å². The Hall–Kier alpha value is -3.76. The average molecular weight is 440 g/mol. The minimum atomic E-state index is -0.182. The maximum atomic E-state index is 6.21. The third-order valence-electron chi connectivity index (χ3n) is 5.48. The molecule has 0 aromatic heterocycles. The van der Waals surface area contributed by atoms with Crippen molar-refractivity contribution in [3.8, 4) is 5.75 Å². The van der Waals surface area contributed by atoms with Crippen LogP contribution in [0.4, 0.5) is 11.4 Å². The van der Waals surface area contributed by atoms with Crippen LogP contribution in [0.1, 0.15) is 17.3 Å². The van der Waals surface area contributed by atoms with Gasteiger partial charge in [-0.2, -0.15) is 5.10 Å². The average Bonchev–Trinajstić information content (AvgIpc) is 3.26. The summed E-state index contributed by atoms with van der Waals surface area (Å²) in [6.45, 7) is 0. The first kappa shape index (κ1) is 20.2. The maximum Gasteiger partial charge on any atom is 0.162 e. The van der Waals surface area contributed by atoms with E-state index in [1.807, 2.05) is 60.7 Å². The Kier molecular flexibility index (Phi) is 5.53. The Labute approximate surface area is 192 Å². The molecule has 4 aromatic rings. The first-order chi connectivity index (χ1) is 15.7. The second-order valence-corrected chi connectivity index (χ2v) is 7.90.